The predicted molar refractivity (Wildman–Crippen MR) is 88.4 cm³/mol. The molecule has 7 heteroatoms. The molecule has 0 fully saturated rings. The lowest BCUT2D eigenvalue weighted by molar-refractivity contribution is 0.200. The summed E-state index contributed by atoms with van der Waals surface area (Å²) in [5.41, 5.74) is 0.810. The smallest absolute Gasteiger partial charge is 0.330 e. The summed E-state index contributed by atoms with van der Waals surface area (Å²) >= 11 is 0. The quantitative estimate of drug-likeness (QED) is 0.878. The number of nitrogens with zero attached hydrogens (tertiary/aromatic N) is 3. The van der Waals surface area contributed by atoms with Crippen LogP contribution in [0.3, 0.4) is 0 Å². The molecule has 1 atom stereocenters. The van der Waals surface area contributed by atoms with Crippen LogP contribution in [-0.4, -0.2) is 32.1 Å². The molecule has 2 N–H and O–H groups in total. The van der Waals surface area contributed by atoms with E-state index in [2.05, 4.69) is 34.0 Å². The van der Waals surface area contributed by atoms with Crippen molar-refractivity contribution in [2.75, 3.05) is 12.0 Å². The van der Waals surface area contributed by atoms with Gasteiger partial charge in [0, 0.05) is 25.0 Å². The van der Waals surface area contributed by atoms with Crippen molar-refractivity contribution in [1.29, 1.82) is 0 Å². The van der Waals surface area contributed by atoms with Crippen LogP contribution in [-0.2, 0) is 13.1 Å². The molecular formula is C16H21N5O2. The molecule has 0 radical (unpaired) electrons. The Morgan fingerprint density at radius 2 is 2.22 bits per heavy atom. The fourth-order valence-corrected chi connectivity index (χ4v) is 2.79. The van der Waals surface area contributed by atoms with E-state index in [1.165, 1.54) is 0 Å². The highest BCUT2D eigenvalue weighted by Gasteiger charge is 2.24. The van der Waals surface area contributed by atoms with E-state index in [4.69, 9.17) is 0 Å². The second kappa shape index (κ2) is 6.37. The fraction of sp³-hybridized carbons (Fsp3) is 0.438. The Morgan fingerprint density at radius 1 is 1.39 bits per heavy atom. The van der Waals surface area contributed by atoms with Gasteiger partial charge < -0.3 is 5.32 Å². The monoisotopic (exact) mass is 315 g/mol. The van der Waals surface area contributed by atoms with Gasteiger partial charge in [0.1, 0.15) is 5.82 Å². The first kappa shape index (κ1) is 15.5. The summed E-state index contributed by atoms with van der Waals surface area (Å²) in [6.07, 6.45) is 4.42. The Kier molecular flexibility index (Phi) is 4.29. The summed E-state index contributed by atoms with van der Waals surface area (Å²) in [5, 5.41) is 3.25. The molecule has 0 spiro atoms. The molecule has 2 aromatic rings. The Balaban J connectivity index is 2.00. The van der Waals surface area contributed by atoms with E-state index in [0.717, 1.165) is 12.0 Å². The van der Waals surface area contributed by atoms with E-state index in [1.807, 2.05) is 12.1 Å². The second-order valence-electron chi connectivity index (χ2n) is 5.87. The molecular weight excluding hydrogens is 294 g/mol. The van der Waals surface area contributed by atoms with Crippen LogP contribution in [0.5, 0.6) is 0 Å². The zero-order valence-electron chi connectivity index (χ0n) is 13.4. The van der Waals surface area contributed by atoms with Crippen molar-refractivity contribution in [1.82, 2.24) is 19.4 Å². The Bertz CT molecular complexity index is 796. The Labute approximate surface area is 134 Å². The first-order valence-electron chi connectivity index (χ1n) is 7.83. The van der Waals surface area contributed by atoms with Crippen LogP contribution < -0.4 is 16.6 Å². The predicted octanol–water partition coefficient (Wildman–Crippen LogP) is 0.963. The number of rotatable bonds is 4. The molecule has 7 nitrogen and oxygen atoms in total. The number of anilines is 1. The van der Waals surface area contributed by atoms with Gasteiger partial charge in [0.2, 0.25) is 0 Å². The first-order valence-corrected chi connectivity index (χ1v) is 7.83. The Morgan fingerprint density at radius 3 is 2.91 bits per heavy atom. The number of aromatic amines is 1. The van der Waals surface area contributed by atoms with Crippen LogP contribution in [0.1, 0.15) is 31.4 Å². The van der Waals surface area contributed by atoms with Gasteiger partial charge in [0.05, 0.1) is 18.8 Å². The van der Waals surface area contributed by atoms with Crippen molar-refractivity contribution >= 4 is 5.82 Å². The average molecular weight is 315 g/mol. The number of nitrogens with one attached hydrogen (secondary N) is 2. The highest BCUT2D eigenvalue weighted by Crippen LogP contribution is 2.20. The number of H-pyrrole nitrogens is 1. The van der Waals surface area contributed by atoms with Gasteiger partial charge in [0.15, 0.2) is 0 Å². The van der Waals surface area contributed by atoms with Crippen LogP contribution in [0.15, 0.2) is 34.1 Å². The standard InChI is InChI=1S/C16H21N5O2/c1-3-11(2)20-9-13-14(18-10-20)21(16(23)19-15(13)22)8-12-5-4-6-17-7-12/h4-7,11,18H,3,8-10H2,1-2H3,(H,19,22,23). The zero-order valence-corrected chi connectivity index (χ0v) is 13.4. The van der Waals surface area contributed by atoms with Crippen LogP contribution in [0.25, 0.3) is 0 Å². The van der Waals surface area contributed by atoms with Gasteiger partial charge in [0.25, 0.3) is 5.56 Å². The van der Waals surface area contributed by atoms with E-state index in [-0.39, 0.29) is 5.56 Å². The number of fused-ring (bicyclic) bond motifs is 1. The van der Waals surface area contributed by atoms with Gasteiger partial charge in [-0.05, 0) is 25.0 Å². The third kappa shape index (κ3) is 3.05. The van der Waals surface area contributed by atoms with Gasteiger partial charge in [-0.1, -0.05) is 13.0 Å². The average Bonchev–Trinajstić information content (AvgIpc) is 2.58. The molecule has 3 rings (SSSR count). The lowest BCUT2D eigenvalue weighted by Gasteiger charge is -2.34. The first-order chi connectivity index (χ1) is 11.1. The maximum Gasteiger partial charge on any atom is 0.330 e. The van der Waals surface area contributed by atoms with E-state index < -0.39 is 5.69 Å². The molecule has 1 unspecified atom stereocenters. The number of hydrogen-bond donors (Lipinski definition) is 2. The van der Waals surface area contributed by atoms with Gasteiger partial charge in [-0.25, -0.2) is 4.79 Å². The maximum atomic E-state index is 12.2. The normalized spacial score (nSPS) is 15.7. The van der Waals surface area contributed by atoms with Crippen LogP contribution in [0, 0.1) is 0 Å². The molecule has 2 aromatic heterocycles. The molecule has 0 bridgehead atoms. The number of hydrogen-bond acceptors (Lipinski definition) is 5. The van der Waals surface area contributed by atoms with Gasteiger partial charge in [-0.3, -0.25) is 24.2 Å². The maximum absolute atomic E-state index is 12.2. The minimum atomic E-state index is -0.401. The molecule has 1 aliphatic rings. The Hall–Kier alpha value is -2.41. The number of aromatic nitrogens is 3. The minimum absolute atomic E-state index is 0.312. The van der Waals surface area contributed by atoms with E-state index in [1.54, 1.807) is 17.0 Å². The fourth-order valence-electron chi connectivity index (χ4n) is 2.79. The van der Waals surface area contributed by atoms with Crippen molar-refractivity contribution < 1.29 is 0 Å². The van der Waals surface area contributed by atoms with E-state index in [0.29, 0.717) is 37.2 Å². The zero-order chi connectivity index (χ0) is 16.4. The van der Waals surface area contributed by atoms with Gasteiger partial charge in [-0.15, -0.1) is 0 Å². The summed E-state index contributed by atoms with van der Waals surface area (Å²) in [7, 11) is 0. The molecule has 0 saturated carbocycles. The van der Waals surface area contributed by atoms with Crippen molar-refractivity contribution in [3.05, 3.63) is 56.5 Å². The molecule has 0 aromatic carbocycles. The molecule has 0 saturated heterocycles. The van der Waals surface area contributed by atoms with Crippen molar-refractivity contribution in [2.24, 2.45) is 0 Å². The highest BCUT2D eigenvalue weighted by atomic mass is 16.2. The minimum Gasteiger partial charge on any atom is -0.358 e. The molecule has 3 heterocycles. The van der Waals surface area contributed by atoms with Crippen LogP contribution in [0.4, 0.5) is 5.82 Å². The second-order valence-corrected chi connectivity index (χ2v) is 5.87. The summed E-state index contributed by atoms with van der Waals surface area (Å²) in [6, 6.07) is 4.11. The largest absolute Gasteiger partial charge is 0.358 e. The highest BCUT2D eigenvalue weighted by molar-refractivity contribution is 5.46. The molecule has 0 amide bonds. The summed E-state index contributed by atoms with van der Waals surface area (Å²) in [5.74, 6) is 0.613. The van der Waals surface area contributed by atoms with Gasteiger partial charge in [-0.2, -0.15) is 0 Å². The lowest BCUT2D eigenvalue weighted by atomic mass is 10.1. The van der Waals surface area contributed by atoms with Crippen molar-refractivity contribution in [3.8, 4) is 0 Å². The third-order valence-corrected chi connectivity index (χ3v) is 4.38. The van der Waals surface area contributed by atoms with E-state index >= 15 is 0 Å². The SMILES string of the molecule is CCC(C)N1CNc2c(c(=O)[nH]c(=O)n2Cc2cccnc2)C1. The summed E-state index contributed by atoms with van der Waals surface area (Å²) in [4.78, 5) is 33.1. The van der Waals surface area contributed by atoms with E-state index in [9.17, 15) is 9.59 Å². The molecule has 1 aliphatic heterocycles. The van der Waals surface area contributed by atoms with Crippen LogP contribution in [0.2, 0.25) is 0 Å². The summed E-state index contributed by atoms with van der Waals surface area (Å²) < 4.78 is 1.57. The molecule has 0 aliphatic carbocycles. The topological polar surface area (TPSA) is 83.0 Å². The van der Waals surface area contributed by atoms with Crippen molar-refractivity contribution in [3.63, 3.8) is 0 Å². The molecule has 23 heavy (non-hydrogen) atoms. The van der Waals surface area contributed by atoms with Crippen LogP contribution >= 0.6 is 0 Å². The lowest BCUT2D eigenvalue weighted by Crippen LogP contribution is -2.46. The van der Waals surface area contributed by atoms with Gasteiger partial charge >= 0.3 is 5.69 Å². The molecule has 122 valence electrons. The summed E-state index contributed by atoms with van der Waals surface area (Å²) in [6.45, 7) is 5.79. The number of pyridine rings is 1. The van der Waals surface area contributed by atoms with Crippen molar-refractivity contribution in [2.45, 2.75) is 39.4 Å². The third-order valence-electron chi connectivity index (χ3n) is 4.38.